The second-order valence-corrected chi connectivity index (χ2v) is 6.82. The van der Waals surface area contributed by atoms with Crippen LogP contribution in [0, 0.1) is 11.7 Å². The van der Waals surface area contributed by atoms with E-state index in [0.717, 1.165) is 36.4 Å². The van der Waals surface area contributed by atoms with Crippen LogP contribution in [0.2, 0.25) is 0 Å². The van der Waals surface area contributed by atoms with Gasteiger partial charge in [0.1, 0.15) is 12.4 Å². The van der Waals surface area contributed by atoms with Crippen LogP contribution in [0.5, 0.6) is 11.5 Å². The van der Waals surface area contributed by atoms with Crippen LogP contribution in [0.15, 0.2) is 36.4 Å². The smallest absolute Gasteiger partial charge is 0.186 e. The van der Waals surface area contributed by atoms with Gasteiger partial charge in [0, 0.05) is 17.9 Å². The second-order valence-electron chi connectivity index (χ2n) is 6.82. The average Bonchev–Trinajstić information content (AvgIpc) is 2.67. The van der Waals surface area contributed by atoms with Crippen molar-refractivity contribution in [3.8, 4) is 11.5 Å². The van der Waals surface area contributed by atoms with Crippen molar-refractivity contribution in [3.63, 3.8) is 0 Å². The summed E-state index contributed by atoms with van der Waals surface area (Å²) < 4.78 is 27.5. The number of methoxy groups -OCH3 is 2. The van der Waals surface area contributed by atoms with Crippen LogP contribution in [0.3, 0.4) is 0 Å². The van der Waals surface area contributed by atoms with Gasteiger partial charge in [0.2, 0.25) is 0 Å². The largest absolute Gasteiger partial charge is 0.493 e. The first-order valence-corrected chi connectivity index (χ1v) is 9.19. The first-order valence-electron chi connectivity index (χ1n) is 9.19. The maximum atomic E-state index is 14.2. The highest BCUT2D eigenvalue weighted by molar-refractivity contribution is 6.00. The van der Waals surface area contributed by atoms with Crippen molar-refractivity contribution in [2.24, 2.45) is 5.92 Å². The fourth-order valence-corrected chi connectivity index (χ4v) is 3.68. The molecule has 0 N–H and O–H groups in total. The lowest BCUT2D eigenvalue weighted by atomic mass is 9.88. The minimum absolute atomic E-state index is 0.144. The summed E-state index contributed by atoms with van der Waals surface area (Å²) in [6, 6.07) is 11.2. The molecule has 4 heteroatoms. The van der Waals surface area contributed by atoms with Crippen molar-refractivity contribution in [1.82, 2.24) is 0 Å². The summed E-state index contributed by atoms with van der Waals surface area (Å²) in [5, 5.41) is 0. The molecule has 26 heavy (non-hydrogen) atoms. The van der Waals surface area contributed by atoms with Crippen molar-refractivity contribution in [2.75, 3.05) is 20.8 Å². The van der Waals surface area contributed by atoms with E-state index in [1.54, 1.807) is 20.3 Å². The van der Waals surface area contributed by atoms with Gasteiger partial charge < -0.3 is 9.47 Å². The lowest BCUT2D eigenvalue weighted by Gasteiger charge is -2.23. The van der Waals surface area contributed by atoms with E-state index in [4.69, 9.17) is 9.47 Å². The summed E-state index contributed by atoms with van der Waals surface area (Å²) >= 11 is 0. The maximum Gasteiger partial charge on any atom is 0.186 e. The van der Waals surface area contributed by atoms with Crippen LogP contribution in [0.4, 0.5) is 4.39 Å². The molecule has 0 aromatic heterocycles. The average molecular weight is 356 g/mol. The summed E-state index contributed by atoms with van der Waals surface area (Å²) in [5.74, 6) is 1.73. The molecular weight excluding hydrogens is 329 g/mol. The van der Waals surface area contributed by atoms with Crippen LogP contribution in [0.25, 0.3) is 0 Å². The molecule has 0 saturated carbocycles. The molecule has 0 aliphatic carbocycles. The Morgan fingerprint density at radius 3 is 2.46 bits per heavy atom. The van der Waals surface area contributed by atoms with Crippen LogP contribution in [0.1, 0.15) is 37.0 Å². The van der Waals surface area contributed by atoms with Gasteiger partial charge in [-0.3, -0.25) is 0 Å². The lowest BCUT2D eigenvalue weighted by molar-refractivity contribution is -0.547. The van der Waals surface area contributed by atoms with E-state index in [0.29, 0.717) is 12.5 Å². The molecule has 0 fully saturated rings. The number of fused-ring (bicyclic) bond motifs is 1. The van der Waals surface area contributed by atoms with E-state index in [1.807, 2.05) is 12.1 Å². The van der Waals surface area contributed by atoms with Gasteiger partial charge in [-0.2, -0.15) is 0 Å². The number of benzene rings is 2. The fourth-order valence-electron chi connectivity index (χ4n) is 3.68. The number of halogens is 1. The van der Waals surface area contributed by atoms with Gasteiger partial charge in [-0.05, 0) is 36.2 Å². The highest BCUT2D eigenvalue weighted by Gasteiger charge is 2.31. The fraction of sp³-hybridized carbons (Fsp3) is 0.409. The Morgan fingerprint density at radius 1 is 1.12 bits per heavy atom. The monoisotopic (exact) mass is 356 g/mol. The third kappa shape index (κ3) is 3.46. The quantitative estimate of drug-likeness (QED) is 0.713. The van der Waals surface area contributed by atoms with Crippen LogP contribution in [-0.2, 0) is 13.0 Å². The number of hydrogen-bond donors (Lipinski definition) is 0. The molecule has 1 unspecified atom stereocenters. The zero-order chi connectivity index (χ0) is 18.7. The molecule has 1 aliphatic rings. The highest BCUT2D eigenvalue weighted by atomic mass is 19.1. The predicted octanol–water partition coefficient (Wildman–Crippen LogP) is 4.45. The molecule has 1 aliphatic heterocycles. The molecule has 2 aromatic rings. The van der Waals surface area contributed by atoms with Crippen molar-refractivity contribution in [3.05, 3.63) is 58.9 Å². The van der Waals surface area contributed by atoms with Gasteiger partial charge in [-0.15, -0.1) is 0 Å². The summed E-state index contributed by atoms with van der Waals surface area (Å²) in [5.41, 5.74) is 4.46. The lowest BCUT2D eigenvalue weighted by Crippen LogP contribution is -2.34. The summed E-state index contributed by atoms with van der Waals surface area (Å²) in [6.07, 6.45) is 1.93. The van der Waals surface area contributed by atoms with Gasteiger partial charge in [0.25, 0.3) is 0 Å². The van der Waals surface area contributed by atoms with Gasteiger partial charge >= 0.3 is 0 Å². The van der Waals surface area contributed by atoms with Gasteiger partial charge in [0.05, 0.1) is 19.8 Å². The van der Waals surface area contributed by atoms with Gasteiger partial charge in [-0.25, -0.2) is 8.97 Å². The zero-order valence-electron chi connectivity index (χ0n) is 16.0. The Labute approximate surface area is 155 Å². The first-order chi connectivity index (χ1) is 12.6. The molecule has 0 spiro atoms. The van der Waals surface area contributed by atoms with Crippen LogP contribution >= 0.6 is 0 Å². The van der Waals surface area contributed by atoms with E-state index >= 15 is 0 Å². The van der Waals surface area contributed by atoms with E-state index in [-0.39, 0.29) is 5.82 Å². The Hall–Kier alpha value is -2.36. The number of ether oxygens (including phenoxy) is 2. The minimum atomic E-state index is -0.144. The third-order valence-corrected chi connectivity index (χ3v) is 5.28. The van der Waals surface area contributed by atoms with Gasteiger partial charge in [0.15, 0.2) is 23.8 Å². The Morgan fingerprint density at radius 2 is 1.81 bits per heavy atom. The molecule has 3 rings (SSSR count). The first kappa shape index (κ1) is 18.4. The summed E-state index contributed by atoms with van der Waals surface area (Å²) in [7, 11) is 3.32. The number of hydrogen-bond acceptors (Lipinski definition) is 2. The molecule has 1 heterocycles. The maximum absolute atomic E-state index is 14.2. The minimum Gasteiger partial charge on any atom is -0.493 e. The standard InChI is InChI=1S/C22H27FNO2/c1-5-15(2)22-18-13-21(26-4)20(25-3)12-16(18)10-11-24(22)14-17-8-6-7-9-19(17)23/h6-9,12-13,15H,5,10-11,14H2,1-4H3/q+1. The predicted molar refractivity (Wildman–Crippen MR) is 102 cm³/mol. The Bertz CT molecular complexity index is 829. The SMILES string of the molecule is CCC(C)C1=[N+](Cc2ccccc2F)CCc2cc(OC)c(OC)cc21. The Balaban J connectivity index is 2.12. The number of nitrogens with zero attached hydrogens (tertiary/aromatic N) is 1. The van der Waals surface area contributed by atoms with Crippen molar-refractivity contribution in [2.45, 2.75) is 33.2 Å². The molecule has 2 aromatic carbocycles. The molecule has 1 atom stereocenters. The van der Waals surface area contributed by atoms with Crippen LogP contribution in [-0.4, -0.2) is 31.1 Å². The van der Waals surface area contributed by atoms with E-state index in [1.165, 1.54) is 22.9 Å². The van der Waals surface area contributed by atoms with Crippen LogP contribution < -0.4 is 9.47 Å². The van der Waals surface area contributed by atoms with Gasteiger partial charge in [-0.1, -0.05) is 26.0 Å². The van der Waals surface area contributed by atoms with Crippen molar-refractivity contribution < 1.29 is 18.4 Å². The van der Waals surface area contributed by atoms with E-state index in [2.05, 4.69) is 30.6 Å². The zero-order valence-corrected chi connectivity index (χ0v) is 16.0. The normalized spacial score (nSPS) is 14.8. The molecule has 138 valence electrons. The van der Waals surface area contributed by atoms with E-state index in [9.17, 15) is 4.39 Å². The topological polar surface area (TPSA) is 21.5 Å². The third-order valence-electron chi connectivity index (χ3n) is 5.28. The van der Waals surface area contributed by atoms with Crippen molar-refractivity contribution in [1.29, 1.82) is 0 Å². The summed E-state index contributed by atoms with van der Waals surface area (Å²) in [4.78, 5) is 0. The van der Waals surface area contributed by atoms with E-state index < -0.39 is 0 Å². The van der Waals surface area contributed by atoms with Crippen molar-refractivity contribution >= 4 is 5.71 Å². The summed E-state index contributed by atoms with van der Waals surface area (Å²) in [6.45, 7) is 5.88. The molecule has 0 radical (unpaired) electrons. The molecular formula is C22H27FNO2+. The number of rotatable bonds is 6. The Kier molecular flexibility index (Phi) is 5.60. The molecule has 0 saturated heterocycles. The second kappa shape index (κ2) is 7.90. The molecule has 0 amide bonds. The molecule has 0 bridgehead atoms. The molecule has 3 nitrogen and oxygen atoms in total. The highest BCUT2D eigenvalue weighted by Crippen LogP contribution is 2.34.